The van der Waals surface area contributed by atoms with E-state index in [4.69, 9.17) is 0 Å². The molecule has 0 fully saturated rings. The van der Waals surface area contributed by atoms with Gasteiger partial charge in [-0.3, -0.25) is 9.59 Å². The Bertz CT molecular complexity index is 241. The lowest BCUT2D eigenvalue weighted by atomic mass is 10.0. The van der Waals surface area contributed by atoms with E-state index < -0.39 is 0 Å². The van der Waals surface area contributed by atoms with Gasteiger partial charge in [0.2, 0.25) is 5.91 Å². The molecule has 0 aliphatic rings. The number of carbonyl (C=O) groups is 2. The Balaban J connectivity index is 4.49. The van der Waals surface area contributed by atoms with Gasteiger partial charge >= 0.3 is 0 Å². The van der Waals surface area contributed by atoms with E-state index in [2.05, 4.69) is 0 Å². The Morgan fingerprint density at radius 1 is 1.23 bits per heavy atom. The fourth-order valence-electron chi connectivity index (χ4n) is 0.916. The van der Waals surface area contributed by atoms with Crippen LogP contribution in [0.2, 0.25) is 0 Å². The van der Waals surface area contributed by atoms with Gasteiger partial charge in [-0.2, -0.15) is 0 Å². The van der Waals surface area contributed by atoms with E-state index in [9.17, 15) is 9.59 Å². The minimum atomic E-state index is -0.177. The first-order valence-corrected chi connectivity index (χ1v) is 4.26. The molecule has 0 radical (unpaired) electrons. The lowest BCUT2D eigenvalue weighted by molar-refractivity contribution is -0.124. The second-order valence-corrected chi connectivity index (χ2v) is 3.45. The van der Waals surface area contributed by atoms with Gasteiger partial charge < -0.3 is 4.90 Å². The van der Waals surface area contributed by atoms with Crippen molar-refractivity contribution in [1.82, 2.24) is 4.90 Å². The number of allylic oxidation sites excluding steroid dienone is 1. The Labute approximate surface area is 79.4 Å². The summed E-state index contributed by atoms with van der Waals surface area (Å²) >= 11 is 0. The fraction of sp³-hybridized carbons (Fsp3) is 0.600. The van der Waals surface area contributed by atoms with Gasteiger partial charge in [-0.1, -0.05) is 13.0 Å². The second-order valence-electron chi connectivity index (χ2n) is 3.45. The zero-order valence-electron chi connectivity index (χ0n) is 8.92. The molecule has 0 heterocycles. The summed E-state index contributed by atoms with van der Waals surface area (Å²) < 4.78 is 0. The smallest absolute Gasteiger partial charge is 0.248 e. The number of amides is 1. The number of ketones is 1. The molecule has 0 saturated carbocycles. The molecule has 1 atom stereocenters. The first kappa shape index (κ1) is 11.9. The number of likely N-dealkylation sites (N-methyl/N-ethyl adjacent to an activating group) is 1. The van der Waals surface area contributed by atoms with Crippen LogP contribution in [0.25, 0.3) is 0 Å². The molecule has 74 valence electrons. The number of nitrogens with zero attached hydrogens (tertiary/aromatic N) is 1. The predicted molar refractivity (Wildman–Crippen MR) is 52.3 cm³/mol. The second kappa shape index (κ2) is 4.80. The van der Waals surface area contributed by atoms with Crippen molar-refractivity contribution in [3.8, 4) is 0 Å². The molecule has 3 heteroatoms. The zero-order valence-corrected chi connectivity index (χ0v) is 8.92. The van der Waals surface area contributed by atoms with Gasteiger partial charge in [0.15, 0.2) is 0 Å². The summed E-state index contributed by atoms with van der Waals surface area (Å²) in [6.45, 7) is 5.03. The zero-order chi connectivity index (χ0) is 10.6. The van der Waals surface area contributed by atoms with E-state index in [1.54, 1.807) is 34.0 Å². The van der Waals surface area contributed by atoms with Crippen LogP contribution in [0.4, 0.5) is 0 Å². The van der Waals surface area contributed by atoms with E-state index in [1.807, 2.05) is 0 Å². The maximum Gasteiger partial charge on any atom is 0.248 e. The summed E-state index contributed by atoms with van der Waals surface area (Å²) in [6, 6.07) is 0. The van der Waals surface area contributed by atoms with Crippen LogP contribution in [0.1, 0.15) is 20.8 Å². The average molecular weight is 183 g/mol. The number of hydrogen-bond donors (Lipinski definition) is 0. The molecular weight excluding hydrogens is 166 g/mol. The monoisotopic (exact) mass is 183 g/mol. The molecule has 1 amide bonds. The molecule has 0 rings (SSSR count). The Kier molecular flexibility index (Phi) is 4.38. The minimum Gasteiger partial charge on any atom is -0.345 e. The highest BCUT2D eigenvalue weighted by Crippen LogP contribution is 2.05. The molecule has 1 unspecified atom stereocenters. The Hall–Kier alpha value is -1.12. The lowest BCUT2D eigenvalue weighted by Gasteiger charge is -2.11. The first-order chi connectivity index (χ1) is 5.86. The average Bonchev–Trinajstić information content (AvgIpc) is 2.02. The summed E-state index contributed by atoms with van der Waals surface area (Å²) in [6.07, 6.45) is 1.70. The number of carbonyl (C=O) groups excluding carboxylic acids is 2. The molecule has 0 aromatic heterocycles. The Morgan fingerprint density at radius 2 is 1.69 bits per heavy atom. The van der Waals surface area contributed by atoms with Gasteiger partial charge in [0, 0.05) is 25.6 Å². The number of hydrogen-bond acceptors (Lipinski definition) is 2. The van der Waals surface area contributed by atoms with Crippen LogP contribution in [0, 0.1) is 5.92 Å². The van der Waals surface area contributed by atoms with E-state index in [-0.39, 0.29) is 17.6 Å². The van der Waals surface area contributed by atoms with Gasteiger partial charge in [-0.25, -0.2) is 0 Å². The summed E-state index contributed by atoms with van der Waals surface area (Å²) in [5.74, 6) is -0.150. The van der Waals surface area contributed by atoms with Crippen molar-refractivity contribution >= 4 is 11.7 Å². The van der Waals surface area contributed by atoms with Crippen molar-refractivity contribution in [2.75, 3.05) is 14.1 Å². The van der Waals surface area contributed by atoms with Gasteiger partial charge in [-0.15, -0.1) is 0 Å². The highest BCUT2D eigenvalue weighted by atomic mass is 16.2. The molecule has 0 bridgehead atoms. The molecule has 0 saturated heterocycles. The molecular formula is C10H17NO2. The normalized spacial score (nSPS) is 13.8. The Morgan fingerprint density at radius 3 is 2.00 bits per heavy atom. The third kappa shape index (κ3) is 3.87. The van der Waals surface area contributed by atoms with Crippen LogP contribution < -0.4 is 0 Å². The quantitative estimate of drug-likeness (QED) is 0.617. The van der Waals surface area contributed by atoms with Crippen LogP contribution in [-0.2, 0) is 9.59 Å². The van der Waals surface area contributed by atoms with Crippen molar-refractivity contribution in [1.29, 1.82) is 0 Å². The molecule has 0 aromatic rings. The highest BCUT2D eigenvalue weighted by Gasteiger charge is 2.10. The molecule has 0 aromatic carbocycles. The minimum absolute atomic E-state index is 0.0481. The molecule has 0 aliphatic heterocycles. The van der Waals surface area contributed by atoms with Crippen molar-refractivity contribution in [3.05, 3.63) is 11.6 Å². The lowest BCUT2D eigenvalue weighted by Crippen LogP contribution is -2.23. The van der Waals surface area contributed by atoms with E-state index in [1.165, 1.54) is 11.8 Å². The van der Waals surface area contributed by atoms with Crippen LogP contribution in [0.3, 0.4) is 0 Å². The molecule has 3 nitrogen and oxygen atoms in total. The largest absolute Gasteiger partial charge is 0.345 e. The van der Waals surface area contributed by atoms with Gasteiger partial charge in [0.1, 0.15) is 5.78 Å². The van der Waals surface area contributed by atoms with E-state index >= 15 is 0 Å². The van der Waals surface area contributed by atoms with E-state index in [0.717, 1.165) is 0 Å². The molecule has 13 heavy (non-hydrogen) atoms. The van der Waals surface area contributed by atoms with Crippen molar-refractivity contribution < 1.29 is 9.59 Å². The van der Waals surface area contributed by atoms with Crippen molar-refractivity contribution in [2.24, 2.45) is 5.92 Å². The number of Topliss-reactive ketones (excluding diaryl/α,β-unsaturated/α-hetero) is 1. The summed E-state index contributed by atoms with van der Waals surface area (Å²) in [4.78, 5) is 23.7. The third-order valence-corrected chi connectivity index (χ3v) is 1.88. The summed E-state index contributed by atoms with van der Waals surface area (Å²) in [7, 11) is 3.39. The van der Waals surface area contributed by atoms with Gasteiger partial charge in [0.25, 0.3) is 0 Å². The summed E-state index contributed by atoms with van der Waals surface area (Å²) in [5.41, 5.74) is 0.618. The third-order valence-electron chi connectivity index (χ3n) is 1.88. The van der Waals surface area contributed by atoms with Crippen LogP contribution >= 0.6 is 0 Å². The fourth-order valence-corrected chi connectivity index (χ4v) is 0.916. The number of rotatable bonds is 3. The van der Waals surface area contributed by atoms with Crippen molar-refractivity contribution in [2.45, 2.75) is 20.8 Å². The molecule has 0 N–H and O–H groups in total. The predicted octanol–water partition coefficient (Wildman–Crippen LogP) is 1.25. The van der Waals surface area contributed by atoms with Crippen molar-refractivity contribution in [3.63, 3.8) is 0 Å². The van der Waals surface area contributed by atoms with Crippen LogP contribution in [-0.4, -0.2) is 30.7 Å². The maximum absolute atomic E-state index is 11.3. The standard InChI is InChI=1S/C10H17NO2/c1-7(9(3)12)6-8(2)10(13)11(4)5/h6-7H,1-5H3/b8-6+. The maximum atomic E-state index is 11.3. The van der Waals surface area contributed by atoms with Crippen LogP contribution in [0.5, 0.6) is 0 Å². The first-order valence-electron chi connectivity index (χ1n) is 4.26. The highest BCUT2D eigenvalue weighted by molar-refractivity contribution is 5.93. The summed E-state index contributed by atoms with van der Waals surface area (Å²) in [5, 5.41) is 0. The van der Waals surface area contributed by atoms with E-state index in [0.29, 0.717) is 5.57 Å². The SMILES string of the molecule is CC(=O)C(C)/C=C(\C)C(=O)N(C)C. The topological polar surface area (TPSA) is 37.4 Å². The van der Waals surface area contributed by atoms with Gasteiger partial charge in [-0.05, 0) is 13.8 Å². The molecule has 0 spiro atoms. The van der Waals surface area contributed by atoms with Gasteiger partial charge in [0.05, 0.1) is 0 Å². The van der Waals surface area contributed by atoms with Crippen LogP contribution in [0.15, 0.2) is 11.6 Å². The molecule has 0 aliphatic carbocycles.